The van der Waals surface area contributed by atoms with Gasteiger partial charge in [0, 0.05) is 11.1 Å². The van der Waals surface area contributed by atoms with Crippen molar-refractivity contribution in [3.05, 3.63) is 72.3 Å². The molecule has 0 unspecified atom stereocenters. The van der Waals surface area contributed by atoms with Gasteiger partial charge in [-0.1, -0.05) is 69.3 Å². The van der Waals surface area contributed by atoms with Crippen LogP contribution in [0.2, 0.25) is 0 Å². The zero-order chi connectivity index (χ0) is 21.9. The minimum atomic E-state index is -1.41. The molecule has 154 valence electrons. The van der Waals surface area contributed by atoms with Crippen molar-refractivity contribution >= 4 is 12.3 Å². The summed E-state index contributed by atoms with van der Waals surface area (Å²) in [5, 5.41) is 18.3. The molecule has 3 rings (SSSR count). The zero-order valence-electron chi connectivity index (χ0n) is 16.9. The molecular weight excluding hydrogens is 384 g/mol. The van der Waals surface area contributed by atoms with E-state index in [1.165, 1.54) is 0 Å². The summed E-state index contributed by atoms with van der Waals surface area (Å²) in [6.07, 6.45) is -2.82. The molecule has 0 aliphatic rings. The number of carboxylic acid groups (broad SMARTS) is 2. The Hall–Kier alpha value is -3.80. The second kappa shape index (κ2) is 8.29. The quantitative estimate of drug-likeness (QED) is 0.383. The normalized spacial score (nSPS) is 11.0. The fourth-order valence-corrected chi connectivity index (χ4v) is 3.21. The van der Waals surface area contributed by atoms with Crippen LogP contribution in [0.15, 0.2) is 66.7 Å². The Bertz CT molecular complexity index is 1090. The highest BCUT2D eigenvalue weighted by Gasteiger charge is 2.21. The summed E-state index contributed by atoms with van der Waals surface area (Å²) >= 11 is 0. The average molecular weight is 406 g/mol. The first-order valence-corrected chi connectivity index (χ1v) is 9.31. The van der Waals surface area contributed by atoms with Crippen LogP contribution in [-0.2, 0) is 5.41 Å². The standard InChI is InChI=1S/C24H22O6/c1-24(2,3)15-12-13-16(17-8-4-6-10-20(17)29-22(25)26)19(14-15)18-9-5-7-11-21(18)30-23(27)28/h4-14H,1-3H3,(H,25,26)(H,27,28). The summed E-state index contributed by atoms with van der Waals surface area (Å²) in [6, 6.07) is 19.5. The molecule has 0 radical (unpaired) electrons. The highest BCUT2D eigenvalue weighted by Crippen LogP contribution is 2.42. The minimum Gasteiger partial charge on any atom is -0.449 e. The summed E-state index contributed by atoms with van der Waals surface area (Å²) in [7, 11) is 0. The Labute approximate surface area is 174 Å². The summed E-state index contributed by atoms with van der Waals surface area (Å²) in [5.74, 6) is 0.375. The smallest absolute Gasteiger partial charge is 0.449 e. The molecule has 6 nitrogen and oxygen atoms in total. The van der Waals surface area contributed by atoms with Gasteiger partial charge in [-0.15, -0.1) is 0 Å². The van der Waals surface area contributed by atoms with Crippen LogP contribution in [0.1, 0.15) is 26.3 Å². The number of ether oxygens (including phenoxy) is 2. The molecule has 0 saturated carbocycles. The number of rotatable bonds is 4. The van der Waals surface area contributed by atoms with Crippen LogP contribution in [0.4, 0.5) is 9.59 Å². The molecule has 0 bridgehead atoms. The first kappa shape index (κ1) is 20.9. The molecule has 0 saturated heterocycles. The molecule has 30 heavy (non-hydrogen) atoms. The molecule has 0 fully saturated rings. The van der Waals surface area contributed by atoms with Gasteiger partial charge in [-0.05, 0) is 40.3 Å². The van der Waals surface area contributed by atoms with Gasteiger partial charge in [0.1, 0.15) is 11.5 Å². The molecule has 0 aliphatic heterocycles. The maximum atomic E-state index is 11.2. The lowest BCUT2D eigenvalue weighted by atomic mass is 9.83. The predicted octanol–water partition coefficient (Wildman–Crippen LogP) is 6.43. The summed E-state index contributed by atoms with van der Waals surface area (Å²) in [4.78, 5) is 22.4. The van der Waals surface area contributed by atoms with Crippen molar-refractivity contribution in [3.8, 4) is 33.8 Å². The Kier molecular flexibility index (Phi) is 5.78. The molecule has 0 heterocycles. The third kappa shape index (κ3) is 4.60. The van der Waals surface area contributed by atoms with Crippen LogP contribution in [0.3, 0.4) is 0 Å². The number of para-hydroxylation sites is 2. The molecule has 3 aromatic carbocycles. The van der Waals surface area contributed by atoms with Crippen LogP contribution in [0.5, 0.6) is 11.5 Å². The van der Waals surface area contributed by atoms with E-state index in [1.807, 2.05) is 18.2 Å². The van der Waals surface area contributed by atoms with E-state index >= 15 is 0 Å². The molecule has 0 aliphatic carbocycles. The van der Waals surface area contributed by atoms with Crippen molar-refractivity contribution in [2.45, 2.75) is 26.2 Å². The monoisotopic (exact) mass is 406 g/mol. The summed E-state index contributed by atoms with van der Waals surface area (Å²) in [6.45, 7) is 6.23. The molecule has 0 amide bonds. The third-order valence-electron chi connectivity index (χ3n) is 4.63. The fraction of sp³-hybridized carbons (Fsp3) is 0.167. The number of carbonyl (C=O) groups is 2. The largest absolute Gasteiger partial charge is 0.511 e. The van der Waals surface area contributed by atoms with Crippen molar-refractivity contribution in [2.24, 2.45) is 0 Å². The van der Waals surface area contributed by atoms with Crippen molar-refractivity contribution in [2.75, 3.05) is 0 Å². The van der Waals surface area contributed by atoms with Crippen molar-refractivity contribution in [3.63, 3.8) is 0 Å². The van der Waals surface area contributed by atoms with Crippen molar-refractivity contribution in [1.82, 2.24) is 0 Å². The zero-order valence-corrected chi connectivity index (χ0v) is 16.9. The van der Waals surface area contributed by atoms with Gasteiger partial charge >= 0.3 is 12.3 Å². The summed E-state index contributed by atoms with van der Waals surface area (Å²) < 4.78 is 9.98. The molecule has 2 N–H and O–H groups in total. The van der Waals surface area contributed by atoms with E-state index in [0.717, 1.165) is 5.56 Å². The number of hydrogen-bond acceptors (Lipinski definition) is 4. The van der Waals surface area contributed by atoms with Gasteiger partial charge in [-0.2, -0.15) is 0 Å². The van der Waals surface area contributed by atoms with Gasteiger partial charge in [-0.3, -0.25) is 0 Å². The molecule has 0 aromatic heterocycles. The lowest BCUT2D eigenvalue weighted by molar-refractivity contribution is 0.143. The molecule has 6 heteroatoms. The Morgan fingerprint density at radius 2 is 1.13 bits per heavy atom. The Morgan fingerprint density at radius 1 is 0.667 bits per heavy atom. The maximum Gasteiger partial charge on any atom is 0.511 e. The predicted molar refractivity (Wildman–Crippen MR) is 113 cm³/mol. The van der Waals surface area contributed by atoms with Crippen LogP contribution >= 0.6 is 0 Å². The number of hydrogen-bond donors (Lipinski definition) is 2. The van der Waals surface area contributed by atoms with E-state index in [9.17, 15) is 9.59 Å². The topological polar surface area (TPSA) is 93.1 Å². The van der Waals surface area contributed by atoms with E-state index in [0.29, 0.717) is 22.3 Å². The van der Waals surface area contributed by atoms with E-state index in [2.05, 4.69) is 20.8 Å². The SMILES string of the molecule is CC(C)(C)c1ccc(-c2ccccc2OC(=O)O)c(-c2ccccc2OC(=O)O)c1. The van der Waals surface area contributed by atoms with Gasteiger partial charge in [0.2, 0.25) is 0 Å². The first-order valence-electron chi connectivity index (χ1n) is 9.31. The highest BCUT2D eigenvalue weighted by atomic mass is 16.7. The van der Waals surface area contributed by atoms with Gasteiger partial charge in [0.15, 0.2) is 0 Å². The second-order valence-electron chi connectivity index (χ2n) is 7.74. The van der Waals surface area contributed by atoms with Crippen LogP contribution in [0, 0.1) is 0 Å². The second-order valence-corrected chi connectivity index (χ2v) is 7.74. The molecular formula is C24H22O6. The van der Waals surface area contributed by atoms with Crippen molar-refractivity contribution in [1.29, 1.82) is 0 Å². The Balaban J connectivity index is 2.30. The Morgan fingerprint density at radius 3 is 1.60 bits per heavy atom. The van der Waals surface area contributed by atoms with Crippen LogP contribution < -0.4 is 9.47 Å². The molecule has 3 aromatic rings. The number of benzene rings is 3. The molecule has 0 spiro atoms. The molecule has 0 atom stereocenters. The van der Waals surface area contributed by atoms with Crippen LogP contribution in [-0.4, -0.2) is 22.5 Å². The van der Waals surface area contributed by atoms with Crippen molar-refractivity contribution < 1.29 is 29.3 Å². The van der Waals surface area contributed by atoms with Gasteiger partial charge in [0.25, 0.3) is 0 Å². The van der Waals surface area contributed by atoms with E-state index < -0.39 is 12.3 Å². The van der Waals surface area contributed by atoms with Gasteiger partial charge in [0.05, 0.1) is 0 Å². The van der Waals surface area contributed by atoms with Gasteiger partial charge in [-0.25, -0.2) is 9.59 Å². The minimum absolute atomic E-state index is 0.160. The maximum absolute atomic E-state index is 11.2. The van der Waals surface area contributed by atoms with E-state index in [-0.39, 0.29) is 16.9 Å². The lowest BCUT2D eigenvalue weighted by Gasteiger charge is -2.23. The van der Waals surface area contributed by atoms with Gasteiger partial charge < -0.3 is 19.7 Å². The average Bonchev–Trinajstić information content (AvgIpc) is 2.67. The van der Waals surface area contributed by atoms with Crippen LogP contribution in [0.25, 0.3) is 22.3 Å². The van der Waals surface area contributed by atoms with E-state index in [4.69, 9.17) is 19.7 Å². The third-order valence-corrected chi connectivity index (χ3v) is 4.63. The summed E-state index contributed by atoms with van der Waals surface area (Å²) in [5.41, 5.74) is 3.42. The first-order chi connectivity index (χ1) is 14.2. The lowest BCUT2D eigenvalue weighted by Crippen LogP contribution is -2.11. The fourth-order valence-electron chi connectivity index (χ4n) is 3.21. The van der Waals surface area contributed by atoms with E-state index in [1.54, 1.807) is 48.5 Å². The highest BCUT2D eigenvalue weighted by molar-refractivity contribution is 5.90.